The molecule has 1 aliphatic heterocycles. The molecule has 0 spiro atoms. The van der Waals surface area contributed by atoms with E-state index in [1.165, 1.54) is 0 Å². The fourth-order valence-corrected chi connectivity index (χ4v) is 2.69. The Labute approximate surface area is 131 Å². The van der Waals surface area contributed by atoms with Crippen LogP contribution >= 0.6 is 0 Å². The molecule has 1 aromatic heterocycles. The lowest BCUT2D eigenvalue weighted by molar-refractivity contribution is -0.128. The lowest BCUT2D eigenvalue weighted by Crippen LogP contribution is -2.43. The molecule has 1 aliphatic rings. The summed E-state index contributed by atoms with van der Waals surface area (Å²) in [5, 5.41) is 3.08. The molecule has 0 aromatic carbocycles. The van der Waals surface area contributed by atoms with Gasteiger partial charge in [0.15, 0.2) is 0 Å². The summed E-state index contributed by atoms with van der Waals surface area (Å²) in [6, 6.07) is 3.78. The van der Waals surface area contributed by atoms with Gasteiger partial charge < -0.3 is 15.1 Å². The summed E-state index contributed by atoms with van der Waals surface area (Å²) in [5.74, 6) is 0.0745. The van der Waals surface area contributed by atoms with Crippen molar-refractivity contribution >= 4 is 11.9 Å². The van der Waals surface area contributed by atoms with Crippen LogP contribution in [0.5, 0.6) is 0 Å². The number of carbonyl (C=O) groups excluding carboxylic acids is 2. The monoisotopic (exact) mass is 304 g/mol. The number of pyridine rings is 1. The van der Waals surface area contributed by atoms with Crippen LogP contribution in [-0.2, 0) is 4.79 Å². The number of urea groups is 1. The van der Waals surface area contributed by atoms with Gasteiger partial charge in [0.1, 0.15) is 0 Å². The molecule has 1 atom stereocenters. The molecule has 22 heavy (non-hydrogen) atoms. The van der Waals surface area contributed by atoms with E-state index in [1.807, 2.05) is 19.1 Å². The first-order valence-corrected chi connectivity index (χ1v) is 7.82. The lowest BCUT2D eigenvalue weighted by atomic mass is 10.1. The summed E-state index contributed by atoms with van der Waals surface area (Å²) in [4.78, 5) is 31.5. The average Bonchev–Trinajstić information content (AvgIpc) is 2.79. The topological polar surface area (TPSA) is 65.5 Å². The first-order valence-electron chi connectivity index (χ1n) is 7.82. The van der Waals surface area contributed by atoms with E-state index in [0.29, 0.717) is 19.6 Å². The molecule has 3 amide bonds. The number of nitrogens with zero attached hydrogens (tertiary/aromatic N) is 3. The molecule has 1 aromatic rings. The van der Waals surface area contributed by atoms with E-state index in [2.05, 4.69) is 10.3 Å². The molecule has 0 radical (unpaired) electrons. The van der Waals surface area contributed by atoms with Crippen LogP contribution in [-0.4, -0.2) is 52.9 Å². The van der Waals surface area contributed by atoms with Gasteiger partial charge in [0, 0.05) is 45.5 Å². The Balaban J connectivity index is 1.95. The van der Waals surface area contributed by atoms with Crippen molar-refractivity contribution in [3.63, 3.8) is 0 Å². The maximum Gasteiger partial charge on any atom is 0.317 e. The summed E-state index contributed by atoms with van der Waals surface area (Å²) in [7, 11) is 0. The number of hydrogen-bond donors (Lipinski definition) is 1. The van der Waals surface area contributed by atoms with Crippen LogP contribution in [0, 0.1) is 0 Å². The molecule has 6 heteroatoms. The molecule has 0 unspecified atom stereocenters. The van der Waals surface area contributed by atoms with Crippen LogP contribution in [0.1, 0.15) is 38.3 Å². The summed E-state index contributed by atoms with van der Waals surface area (Å²) < 4.78 is 0. The molecule has 120 valence electrons. The van der Waals surface area contributed by atoms with Gasteiger partial charge in [-0.05, 0) is 30.5 Å². The van der Waals surface area contributed by atoms with E-state index in [4.69, 9.17) is 0 Å². The number of hydrogen-bond acceptors (Lipinski definition) is 3. The smallest absolute Gasteiger partial charge is 0.317 e. The Bertz CT molecular complexity index is 506. The number of amides is 3. The van der Waals surface area contributed by atoms with Gasteiger partial charge >= 0.3 is 6.03 Å². The molecule has 1 fully saturated rings. The molecule has 0 saturated carbocycles. The molecule has 2 rings (SSSR count). The van der Waals surface area contributed by atoms with Crippen molar-refractivity contribution in [2.45, 2.75) is 32.7 Å². The molecular weight excluding hydrogens is 280 g/mol. The number of carbonyl (C=O) groups is 2. The van der Waals surface area contributed by atoms with Crippen molar-refractivity contribution in [2.24, 2.45) is 0 Å². The van der Waals surface area contributed by atoms with Crippen LogP contribution in [0.15, 0.2) is 24.5 Å². The average molecular weight is 304 g/mol. The summed E-state index contributed by atoms with van der Waals surface area (Å²) in [5.41, 5.74) is 1.06. The van der Waals surface area contributed by atoms with Crippen LogP contribution in [0.25, 0.3) is 0 Å². The van der Waals surface area contributed by atoms with Crippen molar-refractivity contribution in [3.05, 3.63) is 30.1 Å². The van der Waals surface area contributed by atoms with Crippen molar-refractivity contribution in [2.75, 3.05) is 26.2 Å². The Hall–Kier alpha value is -2.11. The van der Waals surface area contributed by atoms with Crippen molar-refractivity contribution in [1.29, 1.82) is 0 Å². The van der Waals surface area contributed by atoms with E-state index in [1.54, 1.807) is 29.1 Å². The summed E-state index contributed by atoms with van der Waals surface area (Å²) in [6.07, 6.45) is 5.11. The molecular formula is C16H24N4O2. The van der Waals surface area contributed by atoms with Gasteiger partial charge in [-0.15, -0.1) is 0 Å². The Morgan fingerprint density at radius 1 is 1.18 bits per heavy atom. The predicted octanol–water partition coefficient (Wildman–Crippen LogP) is 1.80. The highest BCUT2D eigenvalue weighted by atomic mass is 16.2. The van der Waals surface area contributed by atoms with E-state index in [0.717, 1.165) is 24.9 Å². The fraction of sp³-hybridized carbons (Fsp3) is 0.562. The molecule has 2 heterocycles. The van der Waals surface area contributed by atoms with E-state index in [-0.39, 0.29) is 18.0 Å². The minimum atomic E-state index is -0.0611. The first kappa shape index (κ1) is 16.3. The highest BCUT2D eigenvalue weighted by Crippen LogP contribution is 2.16. The van der Waals surface area contributed by atoms with E-state index >= 15 is 0 Å². The van der Waals surface area contributed by atoms with Gasteiger partial charge in [-0.25, -0.2) is 4.79 Å². The minimum Gasteiger partial charge on any atom is -0.341 e. The van der Waals surface area contributed by atoms with E-state index in [9.17, 15) is 9.59 Å². The number of rotatable bonds is 3. The van der Waals surface area contributed by atoms with E-state index < -0.39 is 0 Å². The molecule has 1 saturated heterocycles. The van der Waals surface area contributed by atoms with Crippen molar-refractivity contribution in [3.8, 4) is 0 Å². The second-order valence-electron chi connectivity index (χ2n) is 5.54. The Morgan fingerprint density at radius 3 is 2.45 bits per heavy atom. The van der Waals surface area contributed by atoms with Crippen molar-refractivity contribution < 1.29 is 9.59 Å². The quantitative estimate of drug-likeness (QED) is 0.926. The highest BCUT2D eigenvalue weighted by molar-refractivity contribution is 5.75. The third kappa shape index (κ3) is 4.19. The zero-order valence-corrected chi connectivity index (χ0v) is 13.3. The van der Waals surface area contributed by atoms with Crippen LogP contribution < -0.4 is 5.32 Å². The number of nitrogens with one attached hydrogen (secondary N) is 1. The normalized spacial score (nSPS) is 16.8. The molecule has 6 nitrogen and oxygen atoms in total. The Kier molecular flexibility index (Phi) is 5.75. The first-order chi connectivity index (χ1) is 10.6. The predicted molar refractivity (Wildman–Crippen MR) is 84.2 cm³/mol. The van der Waals surface area contributed by atoms with Crippen LogP contribution in [0.2, 0.25) is 0 Å². The second kappa shape index (κ2) is 7.77. The maximum atomic E-state index is 12.5. The van der Waals surface area contributed by atoms with Gasteiger partial charge in [-0.2, -0.15) is 0 Å². The number of aromatic nitrogens is 1. The maximum absolute atomic E-state index is 12.5. The molecule has 1 N–H and O–H groups in total. The zero-order valence-electron chi connectivity index (χ0n) is 13.3. The van der Waals surface area contributed by atoms with Gasteiger partial charge in [0.25, 0.3) is 0 Å². The summed E-state index contributed by atoms with van der Waals surface area (Å²) in [6.45, 7) is 6.22. The second-order valence-corrected chi connectivity index (χ2v) is 5.54. The summed E-state index contributed by atoms with van der Waals surface area (Å²) >= 11 is 0. The SMILES string of the molecule is CC[C@H](NC(=O)N1CCCN(C(C)=O)CC1)c1ccncc1. The van der Waals surface area contributed by atoms with Gasteiger partial charge in [-0.1, -0.05) is 6.92 Å². The highest BCUT2D eigenvalue weighted by Gasteiger charge is 2.22. The zero-order chi connectivity index (χ0) is 15.9. The van der Waals surface area contributed by atoms with Gasteiger partial charge in [0.05, 0.1) is 6.04 Å². The Morgan fingerprint density at radius 2 is 1.82 bits per heavy atom. The standard InChI is InChI=1S/C16H24N4O2/c1-3-15(14-5-7-17-8-6-14)18-16(22)20-10-4-9-19(11-12-20)13(2)21/h5-8,15H,3-4,9-12H2,1-2H3,(H,18,22)/t15-/m0/s1. The largest absolute Gasteiger partial charge is 0.341 e. The van der Waals surface area contributed by atoms with Crippen LogP contribution in [0.3, 0.4) is 0 Å². The van der Waals surface area contributed by atoms with Gasteiger partial charge in [0.2, 0.25) is 5.91 Å². The van der Waals surface area contributed by atoms with Crippen molar-refractivity contribution in [1.82, 2.24) is 20.1 Å². The lowest BCUT2D eigenvalue weighted by Gasteiger charge is -2.25. The third-order valence-electron chi connectivity index (χ3n) is 4.04. The fourth-order valence-electron chi connectivity index (χ4n) is 2.69. The molecule has 0 aliphatic carbocycles. The third-order valence-corrected chi connectivity index (χ3v) is 4.04. The van der Waals surface area contributed by atoms with Gasteiger partial charge in [-0.3, -0.25) is 9.78 Å². The minimum absolute atomic E-state index is 0.0114. The molecule has 0 bridgehead atoms. The van der Waals surface area contributed by atoms with Crippen LogP contribution in [0.4, 0.5) is 4.79 Å².